The smallest absolute Gasteiger partial charge is 0.256 e. The Hall–Kier alpha value is -1.81. The van der Waals surface area contributed by atoms with E-state index in [0.29, 0.717) is 17.1 Å². The Kier molecular flexibility index (Phi) is 5.42. The highest BCUT2D eigenvalue weighted by Crippen LogP contribution is 2.40. The molecule has 0 aliphatic heterocycles. The van der Waals surface area contributed by atoms with Crippen LogP contribution in [0.25, 0.3) is 0 Å². The zero-order valence-electron chi connectivity index (χ0n) is 16.4. The van der Waals surface area contributed by atoms with Crippen LogP contribution in [0.4, 0.5) is 5.69 Å². The maximum atomic E-state index is 12.9. The first-order valence-electron chi connectivity index (χ1n) is 9.42. The van der Waals surface area contributed by atoms with Crippen molar-refractivity contribution < 1.29 is 9.53 Å². The fourth-order valence-corrected chi connectivity index (χ4v) is 4.72. The molecule has 1 heterocycles. The molecule has 1 aromatic heterocycles. The maximum Gasteiger partial charge on any atom is 0.256 e. The number of hydrogen-bond donors (Lipinski definition) is 1. The van der Waals surface area contributed by atoms with Crippen molar-refractivity contribution in [3.8, 4) is 5.75 Å². The van der Waals surface area contributed by atoms with Crippen molar-refractivity contribution in [1.82, 2.24) is 0 Å². The van der Waals surface area contributed by atoms with Gasteiger partial charge in [-0.1, -0.05) is 32.9 Å². The maximum absolute atomic E-state index is 12.9. The summed E-state index contributed by atoms with van der Waals surface area (Å²) in [6.45, 7) is 10.9. The van der Waals surface area contributed by atoms with Crippen LogP contribution in [0.1, 0.15) is 61.8 Å². The quantitative estimate of drug-likeness (QED) is 0.722. The number of anilines is 1. The minimum absolute atomic E-state index is 0.0310. The summed E-state index contributed by atoms with van der Waals surface area (Å²) in [6.07, 6.45) is 3.30. The number of carbonyl (C=O) groups excluding carboxylic acids is 1. The molecule has 0 fully saturated rings. The number of para-hydroxylation sites is 2. The van der Waals surface area contributed by atoms with Crippen LogP contribution in [-0.4, -0.2) is 12.0 Å². The number of nitrogens with one attached hydrogen (secondary N) is 1. The summed E-state index contributed by atoms with van der Waals surface area (Å²) >= 11 is 1.73. The fourth-order valence-electron chi connectivity index (χ4n) is 3.56. The van der Waals surface area contributed by atoms with Crippen LogP contribution in [0.15, 0.2) is 29.6 Å². The van der Waals surface area contributed by atoms with E-state index in [1.54, 1.807) is 11.3 Å². The highest BCUT2D eigenvalue weighted by Gasteiger charge is 2.31. The Bertz CT molecular complexity index is 786. The van der Waals surface area contributed by atoms with Crippen molar-refractivity contribution in [2.45, 2.75) is 60.0 Å². The second kappa shape index (κ2) is 7.43. The molecule has 1 N–H and O–H groups in total. The molecular weight excluding hydrogens is 342 g/mol. The largest absolute Gasteiger partial charge is 0.489 e. The molecule has 1 atom stereocenters. The van der Waals surface area contributed by atoms with E-state index in [0.717, 1.165) is 30.5 Å². The van der Waals surface area contributed by atoms with Gasteiger partial charge in [-0.2, -0.15) is 0 Å². The Morgan fingerprint density at radius 1 is 1.27 bits per heavy atom. The molecule has 0 saturated carbocycles. The molecule has 0 spiro atoms. The standard InChI is InChI=1S/C22H29NO2S/c1-14(2)25-19-9-7-6-8-18(19)23-21(24)17-13-26-20-12-15(22(3,4)5)10-11-16(17)20/h6-9,13-15H,10-12H2,1-5H3,(H,23,24). The van der Waals surface area contributed by atoms with Gasteiger partial charge in [-0.15, -0.1) is 11.3 Å². The Morgan fingerprint density at radius 2 is 2.00 bits per heavy atom. The lowest BCUT2D eigenvalue weighted by molar-refractivity contribution is 0.102. The number of benzene rings is 1. The van der Waals surface area contributed by atoms with Crippen LogP contribution in [0.2, 0.25) is 0 Å². The van der Waals surface area contributed by atoms with Gasteiger partial charge in [-0.25, -0.2) is 0 Å². The van der Waals surface area contributed by atoms with Gasteiger partial charge >= 0.3 is 0 Å². The van der Waals surface area contributed by atoms with Gasteiger partial charge in [-0.3, -0.25) is 4.79 Å². The molecule has 140 valence electrons. The predicted octanol–water partition coefficient (Wildman–Crippen LogP) is 5.94. The third-order valence-corrected chi connectivity index (χ3v) is 6.17. The van der Waals surface area contributed by atoms with Crippen molar-refractivity contribution in [3.05, 3.63) is 45.6 Å². The van der Waals surface area contributed by atoms with Gasteiger partial charge < -0.3 is 10.1 Å². The van der Waals surface area contributed by atoms with E-state index >= 15 is 0 Å². The first kappa shape index (κ1) is 19.0. The predicted molar refractivity (Wildman–Crippen MR) is 109 cm³/mol. The van der Waals surface area contributed by atoms with Crippen molar-refractivity contribution in [2.24, 2.45) is 11.3 Å². The van der Waals surface area contributed by atoms with Crippen molar-refractivity contribution in [2.75, 3.05) is 5.32 Å². The van der Waals surface area contributed by atoms with Gasteiger partial charge in [0.1, 0.15) is 5.75 Å². The van der Waals surface area contributed by atoms with Crippen LogP contribution in [-0.2, 0) is 12.8 Å². The minimum atomic E-state index is -0.0310. The summed E-state index contributed by atoms with van der Waals surface area (Å²) in [7, 11) is 0. The summed E-state index contributed by atoms with van der Waals surface area (Å²) in [5.74, 6) is 1.37. The van der Waals surface area contributed by atoms with Crippen molar-refractivity contribution >= 4 is 22.9 Å². The molecule has 1 unspecified atom stereocenters. The zero-order valence-corrected chi connectivity index (χ0v) is 17.2. The van der Waals surface area contributed by atoms with Gasteiger partial charge in [0.05, 0.1) is 17.4 Å². The number of ether oxygens (including phenoxy) is 1. The Labute approximate surface area is 160 Å². The second-order valence-corrected chi connectivity index (χ2v) is 9.44. The number of rotatable bonds is 4. The highest BCUT2D eigenvalue weighted by molar-refractivity contribution is 7.10. The van der Waals surface area contributed by atoms with Gasteiger partial charge in [0.15, 0.2) is 0 Å². The topological polar surface area (TPSA) is 38.3 Å². The molecule has 0 radical (unpaired) electrons. The Morgan fingerprint density at radius 3 is 2.69 bits per heavy atom. The molecule has 4 heteroatoms. The van der Waals surface area contributed by atoms with Gasteiger partial charge in [0.2, 0.25) is 0 Å². The molecule has 0 bridgehead atoms. The number of fused-ring (bicyclic) bond motifs is 1. The first-order chi connectivity index (χ1) is 12.3. The lowest BCUT2D eigenvalue weighted by atomic mass is 9.72. The molecule has 26 heavy (non-hydrogen) atoms. The molecule has 1 aromatic carbocycles. The van der Waals surface area contributed by atoms with Crippen molar-refractivity contribution in [1.29, 1.82) is 0 Å². The van der Waals surface area contributed by atoms with Crippen LogP contribution < -0.4 is 10.1 Å². The summed E-state index contributed by atoms with van der Waals surface area (Å²) in [6, 6.07) is 7.63. The molecule has 1 amide bonds. The molecule has 1 aliphatic carbocycles. The molecule has 0 saturated heterocycles. The van der Waals surface area contributed by atoms with Gasteiger partial charge in [0, 0.05) is 10.3 Å². The lowest BCUT2D eigenvalue weighted by Gasteiger charge is -2.34. The normalized spacial score (nSPS) is 17.1. The van der Waals surface area contributed by atoms with E-state index in [4.69, 9.17) is 4.74 Å². The fraction of sp³-hybridized carbons (Fsp3) is 0.500. The third kappa shape index (κ3) is 4.12. The summed E-state index contributed by atoms with van der Waals surface area (Å²) in [5, 5.41) is 5.08. The summed E-state index contributed by atoms with van der Waals surface area (Å²) < 4.78 is 5.82. The van der Waals surface area contributed by atoms with Crippen LogP contribution in [0, 0.1) is 11.3 Å². The van der Waals surface area contributed by atoms with Crippen LogP contribution in [0.3, 0.4) is 0 Å². The first-order valence-corrected chi connectivity index (χ1v) is 10.3. The second-order valence-electron chi connectivity index (χ2n) is 8.47. The van der Waals surface area contributed by atoms with E-state index in [1.807, 2.05) is 43.5 Å². The van der Waals surface area contributed by atoms with E-state index in [1.165, 1.54) is 10.4 Å². The minimum Gasteiger partial charge on any atom is -0.489 e. The monoisotopic (exact) mass is 371 g/mol. The lowest BCUT2D eigenvalue weighted by Crippen LogP contribution is -2.27. The third-order valence-electron chi connectivity index (χ3n) is 5.12. The van der Waals surface area contributed by atoms with Crippen LogP contribution in [0.5, 0.6) is 5.75 Å². The van der Waals surface area contributed by atoms with Gasteiger partial charge in [-0.05, 0) is 62.1 Å². The average molecular weight is 372 g/mol. The number of hydrogen-bond acceptors (Lipinski definition) is 3. The van der Waals surface area contributed by atoms with E-state index in [9.17, 15) is 4.79 Å². The Balaban J connectivity index is 1.78. The number of carbonyl (C=O) groups is 1. The molecule has 1 aliphatic rings. The van der Waals surface area contributed by atoms with Gasteiger partial charge in [0.25, 0.3) is 5.91 Å². The van der Waals surface area contributed by atoms with E-state index in [-0.39, 0.29) is 12.0 Å². The molecule has 2 aromatic rings. The van der Waals surface area contributed by atoms with Crippen molar-refractivity contribution in [3.63, 3.8) is 0 Å². The summed E-state index contributed by atoms with van der Waals surface area (Å²) in [4.78, 5) is 14.3. The van der Waals surface area contributed by atoms with E-state index in [2.05, 4.69) is 26.1 Å². The summed E-state index contributed by atoms with van der Waals surface area (Å²) in [5.41, 5.74) is 3.12. The number of amides is 1. The van der Waals surface area contributed by atoms with E-state index < -0.39 is 0 Å². The SMILES string of the molecule is CC(C)Oc1ccccc1NC(=O)c1csc2c1CCC(C(C)(C)C)C2. The highest BCUT2D eigenvalue weighted by atomic mass is 32.1. The molecule has 3 nitrogen and oxygen atoms in total. The van der Waals surface area contributed by atoms with Crippen LogP contribution >= 0.6 is 11.3 Å². The molecule has 3 rings (SSSR count). The molecular formula is C22H29NO2S. The number of thiophene rings is 1. The average Bonchev–Trinajstić information content (AvgIpc) is 2.98. The zero-order chi connectivity index (χ0) is 18.9.